The van der Waals surface area contributed by atoms with Crippen molar-refractivity contribution in [2.24, 2.45) is 5.92 Å². The highest BCUT2D eigenvalue weighted by Crippen LogP contribution is 2.37. The minimum absolute atomic E-state index is 0.111. The van der Waals surface area contributed by atoms with Gasteiger partial charge in [0.05, 0.1) is 16.1 Å². The van der Waals surface area contributed by atoms with E-state index in [2.05, 4.69) is 10.3 Å². The van der Waals surface area contributed by atoms with E-state index in [1.165, 1.54) is 23.5 Å². The Morgan fingerprint density at radius 1 is 1.21 bits per heavy atom. The zero-order valence-electron chi connectivity index (χ0n) is 14.5. The van der Waals surface area contributed by atoms with Crippen LogP contribution in [0.25, 0.3) is 10.2 Å². The minimum atomic E-state index is -0.498. The quantitative estimate of drug-likeness (QED) is 0.732. The molecule has 2 amide bonds. The van der Waals surface area contributed by atoms with Crippen LogP contribution in [0.1, 0.15) is 6.42 Å². The molecule has 2 aromatic carbocycles. The number of aromatic nitrogens is 1. The number of ether oxygens (including phenoxy) is 2. The summed E-state index contributed by atoms with van der Waals surface area (Å²) < 4.78 is 24.6. The standard InChI is InChI=1S/C19H14FN3O4S/c20-11-1-3-13-16(6-11)28-19(21-13)22-18(25)10-5-17(24)23(8-10)12-2-4-14-15(7-12)27-9-26-14/h1-4,6-7,10H,5,8-9H2,(H,21,22,25). The Kier molecular flexibility index (Phi) is 3.90. The van der Waals surface area contributed by atoms with Gasteiger partial charge in [0, 0.05) is 24.7 Å². The van der Waals surface area contributed by atoms with Crippen molar-refractivity contribution < 1.29 is 23.5 Å². The van der Waals surface area contributed by atoms with Crippen molar-refractivity contribution in [2.75, 3.05) is 23.6 Å². The fourth-order valence-electron chi connectivity index (χ4n) is 3.35. The topological polar surface area (TPSA) is 80.8 Å². The highest BCUT2D eigenvalue weighted by molar-refractivity contribution is 7.22. The highest BCUT2D eigenvalue weighted by Gasteiger charge is 2.36. The number of amides is 2. The molecule has 0 bridgehead atoms. The second kappa shape index (κ2) is 6.45. The summed E-state index contributed by atoms with van der Waals surface area (Å²) >= 11 is 1.20. The average Bonchev–Trinajstić information content (AvgIpc) is 3.38. The third-order valence-electron chi connectivity index (χ3n) is 4.74. The molecule has 3 heterocycles. The van der Waals surface area contributed by atoms with Crippen molar-refractivity contribution in [2.45, 2.75) is 6.42 Å². The summed E-state index contributed by atoms with van der Waals surface area (Å²) in [6.07, 6.45) is 0.111. The van der Waals surface area contributed by atoms with Gasteiger partial charge in [0.15, 0.2) is 16.6 Å². The number of halogens is 1. The van der Waals surface area contributed by atoms with E-state index in [0.29, 0.717) is 32.5 Å². The molecule has 142 valence electrons. The van der Waals surface area contributed by atoms with E-state index in [9.17, 15) is 14.0 Å². The van der Waals surface area contributed by atoms with E-state index in [-0.39, 0.29) is 37.4 Å². The second-order valence-corrected chi connectivity index (χ2v) is 7.59. The number of benzene rings is 2. The van der Waals surface area contributed by atoms with Gasteiger partial charge in [0.1, 0.15) is 5.82 Å². The summed E-state index contributed by atoms with van der Waals surface area (Å²) in [6, 6.07) is 9.53. The Bertz CT molecular complexity index is 1120. The SMILES string of the molecule is O=C(Nc1nc2ccc(F)cc2s1)C1CC(=O)N(c2ccc3c(c2)OCO3)C1. The summed E-state index contributed by atoms with van der Waals surface area (Å²) in [5, 5.41) is 3.14. The molecule has 0 aliphatic carbocycles. The first kappa shape index (κ1) is 16.9. The highest BCUT2D eigenvalue weighted by atomic mass is 32.1. The van der Waals surface area contributed by atoms with Crippen molar-refractivity contribution in [3.8, 4) is 11.5 Å². The number of anilines is 2. The largest absolute Gasteiger partial charge is 0.454 e. The maximum Gasteiger partial charge on any atom is 0.231 e. The Labute approximate surface area is 162 Å². The molecule has 9 heteroatoms. The zero-order valence-corrected chi connectivity index (χ0v) is 15.3. The van der Waals surface area contributed by atoms with E-state index in [4.69, 9.17) is 9.47 Å². The molecule has 3 aromatic rings. The molecular weight excluding hydrogens is 385 g/mol. The number of nitrogens with zero attached hydrogens (tertiary/aromatic N) is 2. The molecule has 2 aliphatic heterocycles. The number of thiazole rings is 1. The van der Waals surface area contributed by atoms with Gasteiger partial charge in [-0.25, -0.2) is 9.37 Å². The van der Waals surface area contributed by atoms with E-state index in [1.54, 1.807) is 29.2 Å². The first-order valence-electron chi connectivity index (χ1n) is 8.64. The van der Waals surface area contributed by atoms with Gasteiger partial charge in [-0.3, -0.25) is 9.59 Å². The molecule has 0 spiro atoms. The van der Waals surface area contributed by atoms with Crippen LogP contribution in [0.2, 0.25) is 0 Å². The van der Waals surface area contributed by atoms with Gasteiger partial charge in [-0.15, -0.1) is 0 Å². The van der Waals surface area contributed by atoms with Gasteiger partial charge in [0.25, 0.3) is 0 Å². The number of carbonyl (C=O) groups is 2. The third kappa shape index (κ3) is 2.93. The van der Waals surface area contributed by atoms with E-state index in [0.717, 1.165) is 0 Å². The number of rotatable bonds is 3. The van der Waals surface area contributed by atoms with Crippen LogP contribution in [-0.2, 0) is 9.59 Å². The predicted molar refractivity (Wildman–Crippen MR) is 101 cm³/mol. The fraction of sp³-hybridized carbons (Fsp3) is 0.211. The number of carbonyl (C=O) groups excluding carboxylic acids is 2. The molecule has 1 aromatic heterocycles. The monoisotopic (exact) mass is 399 g/mol. The summed E-state index contributed by atoms with van der Waals surface area (Å²) in [6.45, 7) is 0.424. The second-order valence-electron chi connectivity index (χ2n) is 6.56. The lowest BCUT2D eigenvalue weighted by Crippen LogP contribution is -2.28. The van der Waals surface area contributed by atoms with Crippen LogP contribution in [0.15, 0.2) is 36.4 Å². The molecule has 5 rings (SSSR count). The molecule has 1 saturated heterocycles. The van der Waals surface area contributed by atoms with Gasteiger partial charge >= 0.3 is 0 Å². The maximum atomic E-state index is 13.3. The summed E-state index contributed by atoms with van der Waals surface area (Å²) in [5.41, 5.74) is 1.28. The Hall–Kier alpha value is -3.20. The summed E-state index contributed by atoms with van der Waals surface area (Å²) in [7, 11) is 0. The summed E-state index contributed by atoms with van der Waals surface area (Å²) in [5.74, 6) is -0.0465. The number of fused-ring (bicyclic) bond motifs is 2. The van der Waals surface area contributed by atoms with Crippen LogP contribution < -0.4 is 19.7 Å². The molecule has 1 fully saturated rings. The van der Waals surface area contributed by atoms with Crippen LogP contribution in [0.5, 0.6) is 11.5 Å². The Balaban J connectivity index is 1.31. The number of hydrogen-bond acceptors (Lipinski definition) is 6. The third-order valence-corrected chi connectivity index (χ3v) is 5.68. The van der Waals surface area contributed by atoms with Gasteiger partial charge in [-0.1, -0.05) is 11.3 Å². The van der Waals surface area contributed by atoms with Crippen LogP contribution >= 0.6 is 11.3 Å². The lowest BCUT2D eigenvalue weighted by atomic mass is 10.1. The van der Waals surface area contributed by atoms with Gasteiger partial charge in [-0.05, 0) is 30.3 Å². The van der Waals surface area contributed by atoms with Crippen molar-refractivity contribution in [3.05, 3.63) is 42.2 Å². The van der Waals surface area contributed by atoms with Crippen molar-refractivity contribution in [1.29, 1.82) is 0 Å². The fourth-order valence-corrected chi connectivity index (χ4v) is 4.24. The van der Waals surface area contributed by atoms with Gasteiger partial charge in [-0.2, -0.15) is 0 Å². The van der Waals surface area contributed by atoms with Crippen LogP contribution in [0.4, 0.5) is 15.2 Å². The first-order chi connectivity index (χ1) is 13.6. The molecule has 1 unspecified atom stereocenters. The van der Waals surface area contributed by atoms with Crippen molar-refractivity contribution >= 4 is 44.2 Å². The van der Waals surface area contributed by atoms with E-state index < -0.39 is 5.92 Å². The molecule has 0 saturated carbocycles. The lowest BCUT2D eigenvalue weighted by Gasteiger charge is -2.17. The molecule has 1 atom stereocenters. The minimum Gasteiger partial charge on any atom is -0.454 e. The van der Waals surface area contributed by atoms with E-state index >= 15 is 0 Å². The molecule has 28 heavy (non-hydrogen) atoms. The predicted octanol–water partition coefficient (Wildman–Crippen LogP) is 3.16. The summed E-state index contributed by atoms with van der Waals surface area (Å²) in [4.78, 5) is 30.9. The first-order valence-corrected chi connectivity index (χ1v) is 9.45. The van der Waals surface area contributed by atoms with Crippen LogP contribution in [0.3, 0.4) is 0 Å². The van der Waals surface area contributed by atoms with Gasteiger partial charge in [0.2, 0.25) is 18.6 Å². The average molecular weight is 399 g/mol. The molecule has 1 N–H and O–H groups in total. The molecule has 2 aliphatic rings. The normalized spacial score (nSPS) is 18.1. The molecular formula is C19H14FN3O4S. The number of hydrogen-bond donors (Lipinski definition) is 1. The Morgan fingerprint density at radius 3 is 2.96 bits per heavy atom. The smallest absolute Gasteiger partial charge is 0.231 e. The zero-order chi connectivity index (χ0) is 19.3. The van der Waals surface area contributed by atoms with Crippen LogP contribution in [0, 0.1) is 11.7 Å². The van der Waals surface area contributed by atoms with Crippen molar-refractivity contribution in [3.63, 3.8) is 0 Å². The maximum absolute atomic E-state index is 13.3. The number of nitrogens with one attached hydrogen (secondary N) is 1. The van der Waals surface area contributed by atoms with Crippen LogP contribution in [-0.4, -0.2) is 30.1 Å². The Morgan fingerprint density at radius 2 is 2.07 bits per heavy atom. The van der Waals surface area contributed by atoms with Gasteiger partial charge < -0.3 is 19.7 Å². The van der Waals surface area contributed by atoms with E-state index in [1.807, 2.05) is 0 Å². The molecule has 0 radical (unpaired) electrons. The lowest BCUT2D eigenvalue weighted by molar-refractivity contribution is -0.122. The molecule has 7 nitrogen and oxygen atoms in total. The van der Waals surface area contributed by atoms with Crippen molar-refractivity contribution in [1.82, 2.24) is 4.98 Å².